The van der Waals surface area contributed by atoms with E-state index in [9.17, 15) is 14.7 Å². The number of aliphatic hydroxyl groups excluding tert-OH is 1. The Morgan fingerprint density at radius 2 is 1.70 bits per heavy atom. The van der Waals surface area contributed by atoms with E-state index in [-0.39, 0.29) is 24.5 Å². The minimum Gasteiger partial charge on any atom is -0.481 e. The number of urea groups is 1. The van der Waals surface area contributed by atoms with Gasteiger partial charge in [-0.25, -0.2) is 4.79 Å². The number of amides is 2. The smallest absolute Gasteiger partial charge is 0.317 e. The molecule has 0 aliphatic carbocycles. The summed E-state index contributed by atoms with van der Waals surface area (Å²) in [6, 6.07) is -0.809. The quantitative estimate of drug-likeness (QED) is 0.693. The number of nitrogens with one attached hydrogen (secondary N) is 1. The summed E-state index contributed by atoms with van der Waals surface area (Å²) < 4.78 is 0. The number of carbonyl (C=O) groups is 2. The largest absolute Gasteiger partial charge is 0.481 e. The standard InChI is InChI=1S/C14H28N2O4/c1-13(2,3)8-10(7-11(18)19)15-12(20)16(6)14(4,5)9-17/h10,17H,7-9H2,1-6H3,(H,15,20)(H,18,19). The summed E-state index contributed by atoms with van der Waals surface area (Å²) >= 11 is 0. The Kier molecular flexibility index (Phi) is 6.47. The highest BCUT2D eigenvalue weighted by atomic mass is 16.4. The second kappa shape index (κ2) is 6.92. The Labute approximate surface area is 121 Å². The summed E-state index contributed by atoms with van der Waals surface area (Å²) in [5, 5.41) is 20.9. The van der Waals surface area contributed by atoms with Crippen LogP contribution in [0.3, 0.4) is 0 Å². The van der Waals surface area contributed by atoms with Crippen molar-refractivity contribution in [3.63, 3.8) is 0 Å². The maximum atomic E-state index is 12.1. The topological polar surface area (TPSA) is 89.9 Å². The summed E-state index contributed by atoms with van der Waals surface area (Å²) in [5.41, 5.74) is -0.780. The molecule has 0 spiro atoms. The number of aliphatic hydroxyl groups is 1. The van der Waals surface area contributed by atoms with Crippen LogP contribution < -0.4 is 5.32 Å². The third-order valence-corrected chi connectivity index (χ3v) is 3.21. The Hall–Kier alpha value is -1.30. The second-order valence-electron chi connectivity index (χ2n) is 7.04. The Morgan fingerprint density at radius 1 is 1.20 bits per heavy atom. The van der Waals surface area contributed by atoms with Crippen molar-refractivity contribution in [2.75, 3.05) is 13.7 Å². The van der Waals surface area contributed by atoms with E-state index in [4.69, 9.17) is 5.11 Å². The van der Waals surface area contributed by atoms with Crippen molar-refractivity contribution in [1.82, 2.24) is 10.2 Å². The van der Waals surface area contributed by atoms with Gasteiger partial charge in [0, 0.05) is 13.1 Å². The molecule has 0 aromatic heterocycles. The number of rotatable bonds is 6. The molecular formula is C14H28N2O4. The van der Waals surface area contributed by atoms with Crippen LogP contribution in [-0.4, -0.2) is 52.3 Å². The summed E-state index contributed by atoms with van der Waals surface area (Å²) in [6.45, 7) is 9.30. The van der Waals surface area contributed by atoms with Crippen molar-refractivity contribution in [2.24, 2.45) is 5.41 Å². The van der Waals surface area contributed by atoms with Crippen molar-refractivity contribution in [1.29, 1.82) is 0 Å². The van der Waals surface area contributed by atoms with Gasteiger partial charge in [0.1, 0.15) is 0 Å². The van der Waals surface area contributed by atoms with E-state index in [1.54, 1.807) is 20.9 Å². The van der Waals surface area contributed by atoms with E-state index in [2.05, 4.69) is 5.32 Å². The molecule has 0 rings (SSSR count). The van der Waals surface area contributed by atoms with Crippen LogP contribution in [0.5, 0.6) is 0 Å². The number of carbonyl (C=O) groups excluding carboxylic acids is 1. The number of carboxylic acid groups (broad SMARTS) is 1. The summed E-state index contributed by atoms with van der Waals surface area (Å²) in [7, 11) is 1.58. The molecule has 1 unspecified atom stereocenters. The van der Waals surface area contributed by atoms with E-state index in [0.29, 0.717) is 6.42 Å². The first-order chi connectivity index (χ1) is 8.89. The first kappa shape index (κ1) is 18.7. The molecule has 0 saturated heterocycles. The van der Waals surface area contributed by atoms with E-state index < -0.39 is 17.6 Å². The molecule has 0 aromatic rings. The molecule has 2 amide bonds. The van der Waals surface area contributed by atoms with E-state index >= 15 is 0 Å². The molecule has 0 aliphatic heterocycles. The lowest BCUT2D eigenvalue weighted by molar-refractivity contribution is -0.137. The van der Waals surface area contributed by atoms with Crippen molar-refractivity contribution >= 4 is 12.0 Å². The predicted octanol–water partition coefficient (Wildman–Crippen LogP) is 1.68. The van der Waals surface area contributed by atoms with Gasteiger partial charge >= 0.3 is 12.0 Å². The normalized spacial score (nSPS) is 13.8. The summed E-state index contributed by atoms with van der Waals surface area (Å²) in [5.74, 6) is -0.941. The fraction of sp³-hybridized carbons (Fsp3) is 0.857. The van der Waals surface area contributed by atoms with Crippen molar-refractivity contribution in [3.8, 4) is 0 Å². The van der Waals surface area contributed by atoms with Crippen LogP contribution in [0.1, 0.15) is 47.5 Å². The van der Waals surface area contributed by atoms with Crippen LogP contribution in [-0.2, 0) is 4.79 Å². The predicted molar refractivity (Wildman–Crippen MR) is 77.6 cm³/mol. The Bertz CT molecular complexity index is 348. The van der Waals surface area contributed by atoms with Crippen LogP contribution in [0, 0.1) is 5.41 Å². The van der Waals surface area contributed by atoms with Gasteiger partial charge in [0.25, 0.3) is 0 Å². The lowest BCUT2D eigenvalue weighted by Gasteiger charge is -2.35. The minimum absolute atomic E-state index is 0.0849. The van der Waals surface area contributed by atoms with Gasteiger partial charge in [-0.2, -0.15) is 0 Å². The molecule has 1 atom stereocenters. The highest BCUT2D eigenvalue weighted by Gasteiger charge is 2.29. The zero-order valence-corrected chi connectivity index (χ0v) is 13.4. The lowest BCUT2D eigenvalue weighted by atomic mass is 9.87. The molecule has 0 saturated carbocycles. The fourth-order valence-electron chi connectivity index (χ4n) is 1.78. The maximum absolute atomic E-state index is 12.1. The molecule has 0 aromatic carbocycles. The number of aliphatic carboxylic acids is 1. The van der Waals surface area contributed by atoms with E-state index in [1.807, 2.05) is 20.8 Å². The zero-order valence-electron chi connectivity index (χ0n) is 13.4. The number of likely N-dealkylation sites (N-methyl/N-ethyl adjacent to an activating group) is 1. The van der Waals surface area contributed by atoms with Crippen molar-refractivity contribution < 1.29 is 19.8 Å². The van der Waals surface area contributed by atoms with Gasteiger partial charge in [0.15, 0.2) is 0 Å². The highest BCUT2D eigenvalue weighted by Crippen LogP contribution is 2.22. The SMILES string of the molecule is CN(C(=O)NC(CC(=O)O)CC(C)(C)C)C(C)(C)CO. The average Bonchev–Trinajstić information content (AvgIpc) is 2.24. The van der Waals surface area contributed by atoms with Crippen LogP contribution in [0.25, 0.3) is 0 Å². The molecule has 20 heavy (non-hydrogen) atoms. The molecular weight excluding hydrogens is 260 g/mol. The van der Waals surface area contributed by atoms with Crippen LogP contribution in [0.2, 0.25) is 0 Å². The van der Waals surface area contributed by atoms with Crippen LogP contribution >= 0.6 is 0 Å². The monoisotopic (exact) mass is 288 g/mol. The molecule has 0 aliphatic rings. The number of hydrogen-bond donors (Lipinski definition) is 3. The van der Waals surface area contributed by atoms with Gasteiger partial charge in [0.05, 0.1) is 18.6 Å². The summed E-state index contributed by atoms with van der Waals surface area (Å²) in [6.07, 6.45) is 0.453. The van der Waals surface area contributed by atoms with Gasteiger partial charge in [-0.3, -0.25) is 4.79 Å². The second-order valence-corrected chi connectivity index (χ2v) is 7.04. The number of carboxylic acids is 1. The zero-order chi connectivity index (χ0) is 16.1. The highest BCUT2D eigenvalue weighted by molar-refractivity contribution is 5.76. The van der Waals surface area contributed by atoms with E-state index in [0.717, 1.165) is 0 Å². The summed E-state index contributed by atoms with van der Waals surface area (Å²) in [4.78, 5) is 24.4. The number of hydrogen-bond acceptors (Lipinski definition) is 3. The van der Waals surface area contributed by atoms with Gasteiger partial charge in [-0.05, 0) is 25.7 Å². The van der Waals surface area contributed by atoms with Gasteiger partial charge < -0.3 is 20.4 Å². The van der Waals surface area contributed by atoms with Crippen LogP contribution in [0.4, 0.5) is 4.79 Å². The number of nitrogens with zero attached hydrogens (tertiary/aromatic N) is 1. The molecule has 6 nitrogen and oxygen atoms in total. The van der Waals surface area contributed by atoms with Gasteiger partial charge in [-0.1, -0.05) is 20.8 Å². The molecule has 3 N–H and O–H groups in total. The Morgan fingerprint density at radius 3 is 2.05 bits per heavy atom. The molecule has 0 heterocycles. The maximum Gasteiger partial charge on any atom is 0.317 e. The molecule has 0 fully saturated rings. The third-order valence-electron chi connectivity index (χ3n) is 3.21. The van der Waals surface area contributed by atoms with Crippen LogP contribution in [0.15, 0.2) is 0 Å². The molecule has 118 valence electrons. The van der Waals surface area contributed by atoms with Gasteiger partial charge in [0.2, 0.25) is 0 Å². The van der Waals surface area contributed by atoms with Crippen molar-refractivity contribution in [2.45, 2.75) is 59.0 Å². The fourth-order valence-corrected chi connectivity index (χ4v) is 1.78. The van der Waals surface area contributed by atoms with E-state index in [1.165, 1.54) is 4.90 Å². The first-order valence-electron chi connectivity index (χ1n) is 6.76. The minimum atomic E-state index is -0.941. The molecule has 0 radical (unpaired) electrons. The Balaban J connectivity index is 4.81. The van der Waals surface area contributed by atoms with Crippen molar-refractivity contribution in [3.05, 3.63) is 0 Å². The lowest BCUT2D eigenvalue weighted by Crippen LogP contribution is -2.54. The molecule has 0 bridgehead atoms. The molecule has 6 heteroatoms. The first-order valence-corrected chi connectivity index (χ1v) is 6.76. The third kappa shape index (κ3) is 6.75. The average molecular weight is 288 g/mol. The van der Waals surface area contributed by atoms with Gasteiger partial charge in [-0.15, -0.1) is 0 Å².